The summed E-state index contributed by atoms with van der Waals surface area (Å²) in [4.78, 5) is 41.2. The number of nitrogens with one attached hydrogen (secondary N) is 1. The van der Waals surface area contributed by atoms with Gasteiger partial charge in [-0.3, -0.25) is 24.6 Å². The first kappa shape index (κ1) is 23.1. The van der Waals surface area contributed by atoms with E-state index in [9.17, 15) is 14.4 Å². The van der Waals surface area contributed by atoms with Crippen LogP contribution in [0.1, 0.15) is 52.9 Å². The van der Waals surface area contributed by atoms with Gasteiger partial charge in [0.05, 0.1) is 24.2 Å². The smallest absolute Gasteiger partial charge is 0.255 e. The Kier molecular flexibility index (Phi) is 5.33. The lowest BCUT2D eigenvalue weighted by Crippen LogP contribution is -2.52. The zero-order valence-corrected chi connectivity index (χ0v) is 20.9. The Morgan fingerprint density at radius 1 is 1.08 bits per heavy atom. The lowest BCUT2D eigenvalue weighted by molar-refractivity contribution is -0.136. The summed E-state index contributed by atoms with van der Waals surface area (Å²) in [5.41, 5.74) is 4.56. The second kappa shape index (κ2) is 8.76. The number of benzene rings is 2. The van der Waals surface area contributed by atoms with Gasteiger partial charge in [0.25, 0.3) is 5.91 Å². The Morgan fingerprint density at radius 2 is 1.89 bits per heavy atom. The van der Waals surface area contributed by atoms with Crippen LogP contribution in [0.5, 0.6) is 5.75 Å². The number of ether oxygens (including phenoxy) is 1. The van der Waals surface area contributed by atoms with Gasteiger partial charge >= 0.3 is 0 Å². The molecule has 4 aliphatic rings. The molecule has 0 bridgehead atoms. The van der Waals surface area contributed by atoms with E-state index in [-0.39, 0.29) is 29.6 Å². The molecule has 3 amide bonds. The van der Waals surface area contributed by atoms with Crippen LogP contribution in [0.3, 0.4) is 0 Å². The number of nitrogens with zero attached hydrogens (tertiary/aromatic N) is 5. The van der Waals surface area contributed by atoms with Gasteiger partial charge in [-0.15, -0.1) is 5.10 Å². The van der Waals surface area contributed by atoms with Crippen LogP contribution in [0.2, 0.25) is 0 Å². The number of carbonyl (C=O) groups is 3. The third kappa shape index (κ3) is 3.78. The summed E-state index contributed by atoms with van der Waals surface area (Å²) in [6, 6.07) is 13.4. The Bertz CT molecular complexity index is 1440. The van der Waals surface area contributed by atoms with Crippen LogP contribution in [0.25, 0.3) is 5.69 Å². The molecule has 10 heteroatoms. The molecule has 1 atom stereocenters. The molecule has 1 N–H and O–H groups in total. The average molecular weight is 513 g/mol. The second-order valence-corrected chi connectivity index (χ2v) is 10.7. The highest BCUT2D eigenvalue weighted by atomic mass is 16.5. The van der Waals surface area contributed by atoms with Gasteiger partial charge in [0.15, 0.2) is 0 Å². The summed E-state index contributed by atoms with van der Waals surface area (Å²) in [6.45, 7) is 3.58. The van der Waals surface area contributed by atoms with E-state index in [2.05, 4.69) is 26.6 Å². The maximum Gasteiger partial charge on any atom is 0.255 e. The third-order valence-corrected chi connectivity index (χ3v) is 8.46. The monoisotopic (exact) mass is 512 g/mol. The molecule has 3 aromatic rings. The summed E-state index contributed by atoms with van der Waals surface area (Å²) in [6.07, 6.45) is 4.51. The summed E-state index contributed by atoms with van der Waals surface area (Å²) >= 11 is 0. The lowest BCUT2D eigenvalue weighted by Gasteiger charge is -2.38. The quantitative estimate of drug-likeness (QED) is 0.532. The minimum Gasteiger partial charge on any atom is -0.492 e. The van der Waals surface area contributed by atoms with Crippen molar-refractivity contribution in [2.24, 2.45) is 0 Å². The number of hydrogen-bond acceptors (Lipinski definition) is 7. The molecule has 10 nitrogen and oxygen atoms in total. The van der Waals surface area contributed by atoms with Crippen molar-refractivity contribution >= 4 is 17.7 Å². The highest BCUT2D eigenvalue weighted by molar-refractivity contribution is 6.05. The van der Waals surface area contributed by atoms with Crippen molar-refractivity contribution in [3.63, 3.8) is 0 Å². The number of imide groups is 1. The predicted octanol–water partition coefficient (Wildman–Crippen LogP) is 1.95. The van der Waals surface area contributed by atoms with E-state index >= 15 is 0 Å². The molecule has 7 rings (SSSR count). The van der Waals surface area contributed by atoms with Crippen LogP contribution in [-0.2, 0) is 28.1 Å². The average Bonchev–Trinajstić information content (AvgIpc) is 3.62. The predicted molar refractivity (Wildman–Crippen MR) is 136 cm³/mol. The van der Waals surface area contributed by atoms with Crippen LogP contribution in [0, 0.1) is 0 Å². The number of hydrogen-bond donors (Lipinski definition) is 1. The van der Waals surface area contributed by atoms with E-state index in [1.54, 1.807) is 4.90 Å². The Hall–Kier alpha value is -4.05. The molecule has 0 radical (unpaired) electrons. The van der Waals surface area contributed by atoms with Crippen molar-refractivity contribution in [2.75, 3.05) is 19.7 Å². The molecule has 1 aromatic heterocycles. The van der Waals surface area contributed by atoms with Crippen LogP contribution >= 0.6 is 0 Å². The number of aromatic nitrogens is 3. The standard InChI is InChI=1S/C28H28N6O4/c35-25-7-6-23(26(36)29-25)33-14-18-12-22-24(13-21(18)27(33)37)38-17-28(22)8-10-32(11-9-28)15-19-16-34(31-30-19)20-4-2-1-3-5-20/h1-5,12-13,16,23H,6-11,14-15,17H2,(H,29,35,36). The van der Waals surface area contributed by atoms with Gasteiger partial charge in [-0.1, -0.05) is 23.4 Å². The number of piperidine rings is 2. The first-order chi connectivity index (χ1) is 18.5. The van der Waals surface area contributed by atoms with E-state index in [1.165, 1.54) is 5.56 Å². The zero-order chi connectivity index (χ0) is 25.9. The summed E-state index contributed by atoms with van der Waals surface area (Å²) in [5.74, 6) is -0.0579. The van der Waals surface area contributed by atoms with Crippen LogP contribution in [-0.4, -0.2) is 68.3 Å². The highest BCUT2D eigenvalue weighted by Gasteiger charge is 2.46. The van der Waals surface area contributed by atoms with Gasteiger partial charge in [0.2, 0.25) is 11.8 Å². The molecular formula is C28H28N6O4. The van der Waals surface area contributed by atoms with E-state index in [0.717, 1.165) is 55.2 Å². The molecule has 0 aliphatic carbocycles. The molecule has 1 spiro atoms. The Morgan fingerprint density at radius 3 is 2.68 bits per heavy atom. The minimum atomic E-state index is -0.611. The zero-order valence-electron chi connectivity index (χ0n) is 20.9. The normalized spacial score (nSPS) is 22.4. The summed E-state index contributed by atoms with van der Waals surface area (Å²) in [5, 5.41) is 11.0. The maximum atomic E-state index is 13.2. The van der Waals surface area contributed by atoms with Crippen molar-refractivity contribution in [3.8, 4) is 11.4 Å². The number of amides is 3. The molecule has 0 saturated carbocycles. The van der Waals surface area contributed by atoms with Crippen LogP contribution in [0.4, 0.5) is 0 Å². The van der Waals surface area contributed by atoms with E-state index in [4.69, 9.17) is 4.74 Å². The topological polar surface area (TPSA) is 110 Å². The van der Waals surface area contributed by atoms with E-state index in [0.29, 0.717) is 25.1 Å². The number of para-hydroxylation sites is 1. The number of likely N-dealkylation sites (tertiary alicyclic amines) is 1. The largest absolute Gasteiger partial charge is 0.492 e. The van der Waals surface area contributed by atoms with Crippen molar-refractivity contribution in [3.05, 3.63) is 71.0 Å². The van der Waals surface area contributed by atoms with Gasteiger partial charge in [0, 0.05) is 36.1 Å². The first-order valence-electron chi connectivity index (χ1n) is 13.1. The third-order valence-electron chi connectivity index (χ3n) is 8.46. The summed E-state index contributed by atoms with van der Waals surface area (Å²) < 4.78 is 7.96. The summed E-state index contributed by atoms with van der Waals surface area (Å²) in [7, 11) is 0. The number of carbonyl (C=O) groups excluding carboxylic acids is 3. The van der Waals surface area contributed by atoms with E-state index < -0.39 is 6.04 Å². The first-order valence-corrected chi connectivity index (χ1v) is 13.1. The molecule has 2 aromatic carbocycles. The molecule has 5 heterocycles. The Labute approximate surface area is 219 Å². The molecule has 38 heavy (non-hydrogen) atoms. The fourth-order valence-corrected chi connectivity index (χ4v) is 6.28. The molecule has 4 aliphatic heterocycles. The molecule has 2 fully saturated rings. The van der Waals surface area contributed by atoms with Gasteiger partial charge in [-0.25, -0.2) is 4.68 Å². The number of rotatable bonds is 4. The van der Waals surface area contributed by atoms with Crippen molar-refractivity contribution in [2.45, 2.75) is 50.2 Å². The maximum absolute atomic E-state index is 13.2. The highest BCUT2D eigenvalue weighted by Crippen LogP contribution is 2.48. The van der Waals surface area contributed by atoms with Gasteiger partial charge in [0.1, 0.15) is 11.8 Å². The molecule has 2 saturated heterocycles. The van der Waals surface area contributed by atoms with Gasteiger partial charge in [-0.2, -0.15) is 0 Å². The fraction of sp³-hybridized carbons (Fsp3) is 0.393. The second-order valence-electron chi connectivity index (χ2n) is 10.7. The Balaban J connectivity index is 1.04. The van der Waals surface area contributed by atoms with Gasteiger partial charge < -0.3 is 9.64 Å². The van der Waals surface area contributed by atoms with Crippen molar-refractivity contribution in [1.29, 1.82) is 0 Å². The molecule has 194 valence electrons. The molecule has 1 unspecified atom stereocenters. The number of fused-ring (bicyclic) bond motifs is 3. The van der Waals surface area contributed by atoms with Crippen molar-refractivity contribution < 1.29 is 19.1 Å². The fourth-order valence-electron chi connectivity index (χ4n) is 6.28. The van der Waals surface area contributed by atoms with Gasteiger partial charge in [-0.05, 0) is 62.2 Å². The lowest BCUT2D eigenvalue weighted by atomic mass is 9.74. The van der Waals surface area contributed by atoms with E-state index in [1.807, 2.05) is 47.3 Å². The molecular weight excluding hydrogens is 484 g/mol. The van der Waals surface area contributed by atoms with Crippen LogP contribution in [0.15, 0.2) is 48.7 Å². The SMILES string of the molecule is O=C1CCC(N2Cc3cc4c(cc3C2=O)OCC42CCN(Cc3cn(-c4ccccc4)nn3)CC2)C(=O)N1. The minimum absolute atomic E-state index is 0.0758. The van der Waals surface area contributed by atoms with Crippen molar-refractivity contribution in [1.82, 2.24) is 30.1 Å². The van der Waals surface area contributed by atoms with Crippen LogP contribution < -0.4 is 10.1 Å².